The molecule has 0 saturated carbocycles. The predicted molar refractivity (Wildman–Crippen MR) is 75.2 cm³/mol. The Kier molecular flexibility index (Phi) is 6.17. The molecular formula is C15H22N2O2. The van der Waals surface area contributed by atoms with Gasteiger partial charge in [0.1, 0.15) is 17.6 Å². The van der Waals surface area contributed by atoms with E-state index in [4.69, 9.17) is 14.7 Å². The quantitative estimate of drug-likeness (QED) is 0.821. The van der Waals surface area contributed by atoms with Gasteiger partial charge in [-0.2, -0.15) is 5.26 Å². The highest BCUT2D eigenvalue weighted by atomic mass is 16.5. The highest BCUT2D eigenvalue weighted by Gasteiger charge is 2.09. The third-order valence-corrected chi connectivity index (χ3v) is 2.63. The second kappa shape index (κ2) is 7.65. The van der Waals surface area contributed by atoms with Crippen LogP contribution in [0.4, 0.5) is 0 Å². The van der Waals surface area contributed by atoms with Crippen molar-refractivity contribution in [3.63, 3.8) is 0 Å². The summed E-state index contributed by atoms with van der Waals surface area (Å²) in [6, 6.07) is 7.75. The number of methoxy groups -OCH3 is 1. The summed E-state index contributed by atoms with van der Waals surface area (Å²) in [5, 5.41) is 12.2. The summed E-state index contributed by atoms with van der Waals surface area (Å²) in [5.41, 5.74) is 1.03. The Morgan fingerprint density at radius 3 is 2.63 bits per heavy atom. The highest BCUT2D eigenvalue weighted by Crippen LogP contribution is 2.25. The molecule has 1 atom stereocenters. The third-order valence-electron chi connectivity index (χ3n) is 2.63. The van der Waals surface area contributed by atoms with Gasteiger partial charge < -0.3 is 14.8 Å². The van der Waals surface area contributed by atoms with Crippen molar-refractivity contribution in [3.05, 3.63) is 23.8 Å². The van der Waals surface area contributed by atoms with Gasteiger partial charge in [-0.15, -0.1) is 0 Å². The lowest BCUT2D eigenvalue weighted by atomic mass is 10.1. The van der Waals surface area contributed by atoms with Crippen LogP contribution in [0.1, 0.15) is 26.3 Å². The number of hydrogen-bond donors (Lipinski definition) is 1. The number of hydrogen-bond acceptors (Lipinski definition) is 4. The predicted octanol–water partition coefficient (Wildman–Crippen LogP) is 2.73. The lowest BCUT2D eigenvalue weighted by molar-refractivity contribution is 0.271. The topological polar surface area (TPSA) is 54.3 Å². The van der Waals surface area contributed by atoms with Gasteiger partial charge in [-0.05, 0) is 25.5 Å². The van der Waals surface area contributed by atoms with Crippen LogP contribution in [0.2, 0.25) is 0 Å². The van der Waals surface area contributed by atoms with E-state index < -0.39 is 6.10 Å². The summed E-state index contributed by atoms with van der Waals surface area (Å²) in [5.74, 6) is 2.03. The van der Waals surface area contributed by atoms with Crippen LogP contribution in [0.25, 0.3) is 0 Å². The van der Waals surface area contributed by atoms with E-state index in [2.05, 4.69) is 25.2 Å². The highest BCUT2D eigenvalue weighted by molar-refractivity contribution is 5.41. The smallest absolute Gasteiger partial charge is 0.181 e. The van der Waals surface area contributed by atoms with Crippen molar-refractivity contribution < 1.29 is 9.47 Å². The molecule has 0 amide bonds. The summed E-state index contributed by atoms with van der Waals surface area (Å²) in [4.78, 5) is 0. The minimum absolute atomic E-state index is 0.476. The Morgan fingerprint density at radius 1 is 1.32 bits per heavy atom. The third kappa shape index (κ3) is 5.19. The average Bonchev–Trinajstić information content (AvgIpc) is 2.39. The molecule has 1 rings (SSSR count). The molecule has 0 saturated heterocycles. The first-order valence-corrected chi connectivity index (χ1v) is 6.50. The summed E-state index contributed by atoms with van der Waals surface area (Å²) in [6.07, 6.45) is -0.476. The van der Waals surface area contributed by atoms with Crippen LogP contribution in [0, 0.1) is 17.2 Å². The van der Waals surface area contributed by atoms with E-state index in [1.165, 1.54) is 0 Å². The number of ether oxygens (including phenoxy) is 2. The molecular weight excluding hydrogens is 240 g/mol. The van der Waals surface area contributed by atoms with Crippen molar-refractivity contribution >= 4 is 0 Å². The Bertz CT molecular complexity index is 438. The van der Waals surface area contributed by atoms with Gasteiger partial charge in [-0.1, -0.05) is 19.9 Å². The second-order valence-electron chi connectivity index (χ2n) is 4.89. The molecule has 0 aliphatic carbocycles. The molecule has 1 aromatic carbocycles. The zero-order chi connectivity index (χ0) is 14.3. The van der Waals surface area contributed by atoms with Gasteiger partial charge in [0.15, 0.2) is 6.10 Å². The normalized spacial score (nSPS) is 12.0. The Hall–Kier alpha value is -1.73. The zero-order valence-corrected chi connectivity index (χ0v) is 12.1. The second-order valence-corrected chi connectivity index (χ2v) is 4.89. The standard InChI is InChI=1S/C15H22N2O2/c1-11(2)9-17-10-13-5-6-14(18-4)7-15(13)19-12(3)8-16/h5-7,11-12,17H,9-10H2,1-4H3. The molecule has 0 aliphatic rings. The molecule has 0 fully saturated rings. The summed E-state index contributed by atoms with van der Waals surface area (Å²) < 4.78 is 10.8. The fraction of sp³-hybridized carbons (Fsp3) is 0.533. The maximum absolute atomic E-state index is 8.84. The van der Waals surface area contributed by atoms with E-state index >= 15 is 0 Å². The molecule has 0 bridgehead atoms. The molecule has 0 heterocycles. The van der Waals surface area contributed by atoms with Crippen LogP contribution in [0.3, 0.4) is 0 Å². The van der Waals surface area contributed by atoms with Gasteiger partial charge in [0, 0.05) is 18.2 Å². The van der Waals surface area contributed by atoms with E-state index in [-0.39, 0.29) is 0 Å². The number of nitrogens with zero attached hydrogens (tertiary/aromatic N) is 1. The molecule has 4 nitrogen and oxygen atoms in total. The van der Waals surface area contributed by atoms with E-state index in [0.717, 1.165) is 24.4 Å². The number of benzene rings is 1. The van der Waals surface area contributed by atoms with Crippen LogP contribution < -0.4 is 14.8 Å². The van der Waals surface area contributed by atoms with E-state index in [1.54, 1.807) is 14.0 Å². The molecule has 4 heteroatoms. The molecule has 104 valence electrons. The lowest BCUT2D eigenvalue weighted by Gasteiger charge is -2.15. The molecule has 0 aliphatic heterocycles. The monoisotopic (exact) mass is 262 g/mol. The van der Waals surface area contributed by atoms with Crippen molar-refractivity contribution in [1.29, 1.82) is 5.26 Å². The van der Waals surface area contributed by atoms with E-state index in [9.17, 15) is 0 Å². The molecule has 0 radical (unpaired) electrons. The van der Waals surface area contributed by atoms with E-state index in [1.807, 2.05) is 18.2 Å². The van der Waals surface area contributed by atoms with Gasteiger partial charge in [-0.25, -0.2) is 0 Å². The summed E-state index contributed by atoms with van der Waals surface area (Å²) in [6.45, 7) is 7.71. The van der Waals surface area contributed by atoms with Gasteiger partial charge in [-0.3, -0.25) is 0 Å². The Balaban J connectivity index is 2.80. The fourth-order valence-corrected chi connectivity index (χ4v) is 1.63. The van der Waals surface area contributed by atoms with Crippen molar-refractivity contribution in [2.45, 2.75) is 33.4 Å². The van der Waals surface area contributed by atoms with Gasteiger partial charge in [0.05, 0.1) is 7.11 Å². The minimum Gasteiger partial charge on any atom is -0.497 e. The fourth-order valence-electron chi connectivity index (χ4n) is 1.63. The summed E-state index contributed by atoms with van der Waals surface area (Å²) >= 11 is 0. The maximum Gasteiger partial charge on any atom is 0.181 e. The SMILES string of the molecule is COc1ccc(CNCC(C)C)c(OC(C)C#N)c1. The van der Waals surface area contributed by atoms with Crippen LogP contribution in [-0.4, -0.2) is 19.8 Å². The zero-order valence-electron chi connectivity index (χ0n) is 12.1. The molecule has 1 unspecified atom stereocenters. The van der Waals surface area contributed by atoms with Crippen molar-refractivity contribution in [2.75, 3.05) is 13.7 Å². The van der Waals surface area contributed by atoms with Crippen molar-refractivity contribution in [3.8, 4) is 17.6 Å². The number of nitrogens with one attached hydrogen (secondary N) is 1. The van der Waals surface area contributed by atoms with Crippen molar-refractivity contribution in [1.82, 2.24) is 5.32 Å². The van der Waals surface area contributed by atoms with Crippen LogP contribution in [0.15, 0.2) is 18.2 Å². The molecule has 0 spiro atoms. The first-order valence-electron chi connectivity index (χ1n) is 6.50. The molecule has 1 aromatic rings. The van der Waals surface area contributed by atoms with E-state index in [0.29, 0.717) is 11.7 Å². The minimum atomic E-state index is -0.476. The molecule has 19 heavy (non-hydrogen) atoms. The molecule has 1 N–H and O–H groups in total. The number of nitriles is 1. The van der Waals surface area contributed by atoms with Gasteiger partial charge in [0.2, 0.25) is 0 Å². The first kappa shape index (κ1) is 15.3. The summed E-state index contributed by atoms with van der Waals surface area (Å²) in [7, 11) is 1.61. The van der Waals surface area contributed by atoms with Gasteiger partial charge in [0.25, 0.3) is 0 Å². The van der Waals surface area contributed by atoms with Crippen LogP contribution in [-0.2, 0) is 6.54 Å². The average molecular weight is 262 g/mol. The molecule has 0 aromatic heterocycles. The van der Waals surface area contributed by atoms with Crippen LogP contribution >= 0.6 is 0 Å². The van der Waals surface area contributed by atoms with Gasteiger partial charge >= 0.3 is 0 Å². The maximum atomic E-state index is 8.84. The van der Waals surface area contributed by atoms with Crippen molar-refractivity contribution in [2.24, 2.45) is 5.92 Å². The Labute approximate surface area is 115 Å². The lowest BCUT2D eigenvalue weighted by Crippen LogP contribution is -2.20. The number of rotatable bonds is 7. The Morgan fingerprint density at radius 2 is 2.05 bits per heavy atom. The van der Waals surface area contributed by atoms with Crippen LogP contribution in [0.5, 0.6) is 11.5 Å². The first-order chi connectivity index (χ1) is 9.06. The largest absolute Gasteiger partial charge is 0.497 e.